The third-order valence-corrected chi connectivity index (χ3v) is 3.46. The first-order chi connectivity index (χ1) is 8.11. The maximum atomic E-state index is 13.8. The molecule has 0 saturated carbocycles. The Morgan fingerprint density at radius 1 is 1.35 bits per heavy atom. The molecule has 0 spiro atoms. The average molecular weight is 315 g/mol. The molecule has 1 aromatic heterocycles. The molecule has 0 amide bonds. The van der Waals surface area contributed by atoms with E-state index in [4.69, 9.17) is 11.6 Å². The van der Waals surface area contributed by atoms with Gasteiger partial charge in [0.25, 0.3) is 0 Å². The van der Waals surface area contributed by atoms with Crippen LogP contribution in [0, 0.1) is 5.82 Å². The van der Waals surface area contributed by atoms with Crippen LogP contribution >= 0.6 is 27.5 Å². The van der Waals surface area contributed by atoms with Crippen molar-refractivity contribution in [3.63, 3.8) is 0 Å². The van der Waals surface area contributed by atoms with Gasteiger partial charge in [0, 0.05) is 22.4 Å². The van der Waals surface area contributed by atoms with Crippen molar-refractivity contribution in [1.82, 2.24) is 4.98 Å². The fourth-order valence-corrected chi connectivity index (χ4v) is 1.82. The molecule has 0 radical (unpaired) electrons. The summed E-state index contributed by atoms with van der Waals surface area (Å²) in [4.78, 5) is 15.8. The summed E-state index contributed by atoms with van der Waals surface area (Å²) in [7, 11) is 0. The second-order valence-electron chi connectivity index (χ2n) is 3.29. The number of halogens is 3. The summed E-state index contributed by atoms with van der Waals surface area (Å²) in [5.41, 5.74) is 0.260. The fourth-order valence-electron chi connectivity index (χ4n) is 1.35. The van der Waals surface area contributed by atoms with E-state index >= 15 is 0 Å². The quantitative estimate of drug-likeness (QED) is 0.622. The lowest BCUT2D eigenvalue weighted by Gasteiger charge is -2.05. The van der Waals surface area contributed by atoms with Gasteiger partial charge in [-0.2, -0.15) is 0 Å². The molecule has 17 heavy (non-hydrogen) atoms. The van der Waals surface area contributed by atoms with Crippen molar-refractivity contribution in [2.45, 2.75) is 0 Å². The molecule has 0 unspecified atom stereocenters. The van der Waals surface area contributed by atoms with Crippen LogP contribution in [0.4, 0.5) is 4.39 Å². The zero-order valence-electron chi connectivity index (χ0n) is 8.45. The van der Waals surface area contributed by atoms with Gasteiger partial charge in [0.2, 0.25) is 0 Å². The maximum Gasteiger partial charge on any atom is 0.197 e. The fraction of sp³-hybridized carbons (Fsp3) is 0. The van der Waals surface area contributed by atoms with Gasteiger partial charge >= 0.3 is 0 Å². The molecule has 0 aliphatic heterocycles. The standard InChI is InChI=1S/C12H6BrClFNO/c13-9-4-3-8(11(15)10(9)14)12(17)7-2-1-5-16-6-7/h1-6H. The average Bonchev–Trinajstić information content (AvgIpc) is 2.36. The van der Waals surface area contributed by atoms with Crippen LogP contribution in [-0.2, 0) is 0 Å². The molecule has 0 fully saturated rings. The summed E-state index contributed by atoms with van der Waals surface area (Å²) in [6.45, 7) is 0. The molecule has 0 bridgehead atoms. The minimum atomic E-state index is -0.727. The van der Waals surface area contributed by atoms with Crippen molar-refractivity contribution >= 4 is 33.3 Å². The molecule has 2 nitrogen and oxygen atoms in total. The second-order valence-corrected chi connectivity index (χ2v) is 4.53. The Bertz CT molecular complexity index is 574. The number of pyridine rings is 1. The number of benzene rings is 1. The van der Waals surface area contributed by atoms with Gasteiger partial charge in [-0.3, -0.25) is 9.78 Å². The number of carbonyl (C=O) groups is 1. The van der Waals surface area contributed by atoms with E-state index < -0.39 is 11.6 Å². The van der Waals surface area contributed by atoms with E-state index in [2.05, 4.69) is 20.9 Å². The van der Waals surface area contributed by atoms with Crippen LogP contribution in [0.5, 0.6) is 0 Å². The summed E-state index contributed by atoms with van der Waals surface area (Å²) in [6.07, 6.45) is 2.93. The van der Waals surface area contributed by atoms with E-state index in [-0.39, 0.29) is 10.6 Å². The van der Waals surface area contributed by atoms with Crippen LogP contribution in [0.2, 0.25) is 5.02 Å². The Balaban J connectivity index is 2.49. The minimum absolute atomic E-state index is 0.0637. The Labute approximate surface area is 111 Å². The first kappa shape index (κ1) is 12.2. The Kier molecular flexibility index (Phi) is 3.54. The van der Waals surface area contributed by atoms with E-state index in [1.807, 2.05) is 0 Å². The number of hydrogen-bond donors (Lipinski definition) is 0. The Morgan fingerprint density at radius 2 is 2.12 bits per heavy atom. The lowest BCUT2D eigenvalue weighted by molar-refractivity contribution is 0.103. The molecular formula is C12H6BrClFNO. The van der Waals surface area contributed by atoms with Crippen LogP contribution in [0.1, 0.15) is 15.9 Å². The van der Waals surface area contributed by atoms with Crippen molar-refractivity contribution in [2.24, 2.45) is 0 Å². The van der Waals surface area contributed by atoms with Crippen molar-refractivity contribution in [2.75, 3.05) is 0 Å². The number of ketones is 1. The SMILES string of the molecule is O=C(c1cccnc1)c1ccc(Br)c(Cl)c1F. The molecule has 0 saturated heterocycles. The molecule has 86 valence electrons. The molecule has 0 atom stereocenters. The van der Waals surface area contributed by atoms with Crippen LogP contribution < -0.4 is 0 Å². The minimum Gasteiger partial charge on any atom is -0.288 e. The molecule has 0 N–H and O–H groups in total. The van der Waals surface area contributed by atoms with Crippen molar-refractivity contribution in [3.8, 4) is 0 Å². The molecule has 0 aliphatic rings. The summed E-state index contributed by atoms with van der Waals surface area (Å²) in [5, 5.41) is -0.0975. The van der Waals surface area contributed by atoms with Gasteiger partial charge in [0.15, 0.2) is 11.6 Å². The number of rotatable bonds is 2. The smallest absolute Gasteiger partial charge is 0.197 e. The van der Waals surface area contributed by atoms with E-state index in [0.717, 1.165) is 0 Å². The first-order valence-electron chi connectivity index (χ1n) is 4.69. The van der Waals surface area contributed by atoms with E-state index in [1.165, 1.54) is 18.3 Å². The summed E-state index contributed by atoms with van der Waals surface area (Å²) in [5.74, 6) is -1.17. The third kappa shape index (κ3) is 2.37. The third-order valence-electron chi connectivity index (χ3n) is 2.20. The lowest BCUT2D eigenvalue weighted by atomic mass is 10.0. The number of hydrogen-bond acceptors (Lipinski definition) is 2. The molecule has 2 aromatic rings. The van der Waals surface area contributed by atoms with Crippen molar-refractivity contribution in [1.29, 1.82) is 0 Å². The number of nitrogens with zero attached hydrogens (tertiary/aromatic N) is 1. The summed E-state index contributed by atoms with van der Waals surface area (Å²) in [6, 6.07) is 6.12. The van der Waals surface area contributed by atoms with E-state index in [0.29, 0.717) is 10.0 Å². The van der Waals surface area contributed by atoms with Gasteiger partial charge in [-0.05, 0) is 40.2 Å². The monoisotopic (exact) mass is 313 g/mol. The zero-order valence-corrected chi connectivity index (χ0v) is 10.8. The van der Waals surface area contributed by atoms with Gasteiger partial charge in [-0.25, -0.2) is 4.39 Å². The molecular weight excluding hydrogens is 308 g/mol. The summed E-state index contributed by atoms with van der Waals surface area (Å²) < 4.78 is 14.2. The predicted octanol–water partition coefficient (Wildman–Crippen LogP) is 3.87. The van der Waals surface area contributed by atoms with Crippen LogP contribution in [0.25, 0.3) is 0 Å². The topological polar surface area (TPSA) is 30.0 Å². The van der Waals surface area contributed by atoms with Crippen LogP contribution in [-0.4, -0.2) is 10.8 Å². The number of carbonyl (C=O) groups excluding carboxylic acids is 1. The molecule has 1 heterocycles. The first-order valence-corrected chi connectivity index (χ1v) is 5.86. The molecule has 2 rings (SSSR count). The van der Waals surface area contributed by atoms with Crippen LogP contribution in [0.3, 0.4) is 0 Å². The lowest BCUT2D eigenvalue weighted by Crippen LogP contribution is -2.05. The largest absolute Gasteiger partial charge is 0.288 e. The van der Waals surface area contributed by atoms with Gasteiger partial charge in [0.1, 0.15) is 0 Å². The zero-order chi connectivity index (χ0) is 12.4. The Morgan fingerprint density at radius 3 is 2.76 bits per heavy atom. The Hall–Kier alpha value is -1.26. The van der Waals surface area contributed by atoms with Gasteiger partial charge in [-0.1, -0.05) is 11.6 Å². The summed E-state index contributed by atoms with van der Waals surface area (Å²) >= 11 is 8.81. The van der Waals surface area contributed by atoms with Crippen LogP contribution in [0.15, 0.2) is 41.1 Å². The van der Waals surface area contributed by atoms with Gasteiger partial charge in [0.05, 0.1) is 10.6 Å². The normalized spacial score (nSPS) is 10.3. The second kappa shape index (κ2) is 4.94. The molecule has 1 aromatic carbocycles. The van der Waals surface area contributed by atoms with Gasteiger partial charge < -0.3 is 0 Å². The highest BCUT2D eigenvalue weighted by Crippen LogP contribution is 2.28. The highest BCUT2D eigenvalue weighted by molar-refractivity contribution is 9.10. The molecule has 5 heteroatoms. The van der Waals surface area contributed by atoms with Crippen molar-refractivity contribution < 1.29 is 9.18 Å². The number of aromatic nitrogens is 1. The van der Waals surface area contributed by atoms with E-state index in [9.17, 15) is 9.18 Å². The van der Waals surface area contributed by atoms with Gasteiger partial charge in [-0.15, -0.1) is 0 Å². The van der Waals surface area contributed by atoms with E-state index in [1.54, 1.807) is 18.3 Å². The highest BCUT2D eigenvalue weighted by atomic mass is 79.9. The van der Waals surface area contributed by atoms with Crippen molar-refractivity contribution in [3.05, 3.63) is 63.1 Å². The highest BCUT2D eigenvalue weighted by Gasteiger charge is 2.17. The predicted molar refractivity (Wildman–Crippen MR) is 66.8 cm³/mol. The maximum absolute atomic E-state index is 13.8. The molecule has 0 aliphatic carbocycles.